The van der Waals surface area contributed by atoms with Gasteiger partial charge in [-0.1, -0.05) is 11.8 Å². The van der Waals surface area contributed by atoms with E-state index in [-0.39, 0.29) is 21.5 Å². The summed E-state index contributed by atoms with van der Waals surface area (Å²) in [5.74, 6) is -0.141. The van der Waals surface area contributed by atoms with Gasteiger partial charge < -0.3 is 0 Å². The summed E-state index contributed by atoms with van der Waals surface area (Å²) >= 11 is 0.932. The van der Waals surface area contributed by atoms with Crippen LogP contribution in [0, 0.1) is 0 Å². The molecule has 0 saturated carbocycles. The van der Waals surface area contributed by atoms with E-state index in [0.717, 1.165) is 11.8 Å². The van der Waals surface area contributed by atoms with Crippen molar-refractivity contribution in [2.24, 2.45) is 0 Å². The van der Waals surface area contributed by atoms with Crippen molar-refractivity contribution in [3.05, 3.63) is 48.5 Å². The van der Waals surface area contributed by atoms with Gasteiger partial charge in [0.1, 0.15) is 11.2 Å². The molecule has 0 aliphatic heterocycles. The molecule has 120 valence electrons. The Morgan fingerprint density at radius 2 is 1.74 bits per heavy atom. The van der Waals surface area contributed by atoms with E-state index in [1.54, 1.807) is 0 Å². The molecule has 2 rings (SSSR count). The first-order chi connectivity index (χ1) is 10.9. The molecule has 1 aromatic carbocycles. The molecule has 9 heteroatoms. The minimum atomic E-state index is -3.78. The van der Waals surface area contributed by atoms with Gasteiger partial charge in [0.05, 0.1) is 18.1 Å². The number of nitrogens with one attached hydrogen (secondary N) is 1. The van der Waals surface area contributed by atoms with Crippen molar-refractivity contribution in [3.63, 3.8) is 0 Å². The van der Waals surface area contributed by atoms with Crippen LogP contribution in [0.4, 0.5) is 5.69 Å². The maximum absolute atomic E-state index is 12.1. The molecule has 23 heavy (non-hydrogen) atoms. The van der Waals surface area contributed by atoms with Crippen LogP contribution < -0.4 is 4.72 Å². The van der Waals surface area contributed by atoms with E-state index >= 15 is 0 Å². The van der Waals surface area contributed by atoms with Crippen LogP contribution in [0.5, 0.6) is 0 Å². The lowest BCUT2D eigenvalue weighted by Gasteiger charge is -2.08. The first-order valence-corrected chi connectivity index (χ1v) is 8.90. The van der Waals surface area contributed by atoms with Gasteiger partial charge in [0.2, 0.25) is 0 Å². The van der Waals surface area contributed by atoms with Crippen LogP contribution in [0.2, 0.25) is 0 Å². The average molecular weight is 351 g/mol. The van der Waals surface area contributed by atoms with Crippen molar-refractivity contribution >= 4 is 38.4 Å². The number of nitrogens with zero attached hydrogens (tertiary/aromatic N) is 2. The number of carbonyl (C=O) groups is 2. The molecule has 2 aromatic rings. The van der Waals surface area contributed by atoms with Gasteiger partial charge in [-0.05, 0) is 24.3 Å². The molecular weight excluding hydrogens is 338 g/mol. The van der Waals surface area contributed by atoms with Gasteiger partial charge in [0.25, 0.3) is 10.0 Å². The molecule has 1 N–H and O–H groups in total. The number of aromatic nitrogens is 2. The Morgan fingerprint density at radius 3 is 2.30 bits per heavy atom. The number of ketones is 1. The van der Waals surface area contributed by atoms with Crippen LogP contribution in [-0.2, 0) is 14.8 Å². The summed E-state index contributed by atoms with van der Waals surface area (Å²) in [6.45, 7) is 1.39. The van der Waals surface area contributed by atoms with Gasteiger partial charge in [-0.25, -0.2) is 18.4 Å². The lowest BCUT2D eigenvalue weighted by atomic mass is 10.1. The predicted octanol–water partition coefficient (Wildman–Crippen LogP) is 1.74. The Bertz CT molecular complexity index is 806. The minimum absolute atomic E-state index is 0.0573. The number of carbonyl (C=O) groups excluding carboxylic acids is 2. The predicted molar refractivity (Wildman–Crippen MR) is 86.8 cm³/mol. The second-order valence-corrected chi connectivity index (χ2v) is 7.30. The number of sulfonamides is 1. The summed E-state index contributed by atoms with van der Waals surface area (Å²) in [7, 11) is -3.78. The van der Waals surface area contributed by atoms with Crippen LogP contribution >= 0.6 is 11.8 Å². The van der Waals surface area contributed by atoms with Crippen LogP contribution in [0.15, 0.2) is 47.9 Å². The normalized spacial score (nSPS) is 11.0. The van der Waals surface area contributed by atoms with E-state index < -0.39 is 10.0 Å². The molecule has 1 aromatic heterocycles. The Kier molecular flexibility index (Phi) is 5.45. The molecule has 0 fully saturated rings. The summed E-state index contributed by atoms with van der Waals surface area (Å²) < 4.78 is 26.6. The maximum Gasteiger partial charge on any atom is 0.264 e. The average Bonchev–Trinajstić information content (AvgIpc) is 2.54. The number of anilines is 1. The molecule has 0 atom stereocenters. The fraction of sp³-hybridized carbons (Fsp3) is 0.143. The fourth-order valence-corrected chi connectivity index (χ4v) is 3.08. The highest BCUT2D eigenvalue weighted by Crippen LogP contribution is 2.16. The Balaban J connectivity index is 2.08. The highest BCUT2D eigenvalue weighted by atomic mass is 32.2. The first-order valence-electron chi connectivity index (χ1n) is 6.43. The number of Topliss-reactive ketones (excluding diaryl/α,β-unsaturated/α-hetero) is 1. The number of hydrogen-bond acceptors (Lipinski definition) is 7. The van der Waals surface area contributed by atoms with Gasteiger partial charge in [0.15, 0.2) is 10.9 Å². The number of hydrogen-bond donors (Lipinski definition) is 1. The van der Waals surface area contributed by atoms with Crippen molar-refractivity contribution in [1.29, 1.82) is 0 Å². The Hall–Kier alpha value is -2.26. The van der Waals surface area contributed by atoms with Crippen molar-refractivity contribution < 1.29 is 18.0 Å². The molecule has 7 nitrogen and oxygen atoms in total. The summed E-state index contributed by atoms with van der Waals surface area (Å²) in [4.78, 5) is 29.9. The zero-order valence-corrected chi connectivity index (χ0v) is 13.7. The third-order valence-electron chi connectivity index (χ3n) is 2.71. The molecule has 0 aliphatic carbocycles. The van der Waals surface area contributed by atoms with Crippen molar-refractivity contribution in [2.45, 2.75) is 11.8 Å². The van der Waals surface area contributed by atoms with Crippen LogP contribution in [-0.4, -0.2) is 35.0 Å². The third-order valence-corrected chi connectivity index (χ3v) is 4.86. The second kappa shape index (κ2) is 7.34. The van der Waals surface area contributed by atoms with Gasteiger partial charge in [-0.3, -0.25) is 14.3 Å². The van der Waals surface area contributed by atoms with Gasteiger partial charge in [-0.2, -0.15) is 0 Å². The molecule has 0 radical (unpaired) electrons. The molecule has 0 bridgehead atoms. The molecule has 0 spiro atoms. The van der Waals surface area contributed by atoms with Crippen molar-refractivity contribution in [2.75, 3.05) is 10.5 Å². The smallest absolute Gasteiger partial charge is 0.264 e. The topological polar surface area (TPSA) is 106 Å². The summed E-state index contributed by atoms with van der Waals surface area (Å²) in [5, 5.41) is -0.132. The van der Waals surface area contributed by atoms with Crippen LogP contribution in [0.25, 0.3) is 0 Å². The molecule has 0 unspecified atom stereocenters. The number of benzene rings is 1. The third kappa shape index (κ3) is 4.86. The van der Waals surface area contributed by atoms with Gasteiger partial charge in [-0.15, -0.1) is 0 Å². The lowest BCUT2D eigenvalue weighted by molar-refractivity contribution is -0.109. The SMILES string of the molecule is CC(=O)SCC(=O)c1ccc(NS(=O)(=O)c2cncnc2)cc1. The quantitative estimate of drug-likeness (QED) is 0.790. The Labute approximate surface area is 137 Å². The standard InChI is InChI=1S/C14H13N3O4S2/c1-10(18)22-8-14(19)11-2-4-12(5-3-11)17-23(20,21)13-6-15-9-16-7-13/h2-7,9,17H,8H2,1H3. The highest BCUT2D eigenvalue weighted by molar-refractivity contribution is 8.14. The van der Waals surface area contributed by atoms with Crippen LogP contribution in [0.1, 0.15) is 17.3 Å². The van der Waals surface area contributed by atoms with E-state index in [4.69, 9.17) is 0 Å². The molecule has 0 aliphatic rings. The zero-order valence-electron chi connectivity index (χ0n) is 12.1. The number of rotatable bonds is 6. The van der Waals surface area contributed by atoms with Crippen LogP contribution in [0.3, 0.4) is 0 Å². The monoisotopic (exact) mass is 351 g/mol. The fourth-order valence-electron chi connectivity index (χ4n) is 1.61. The van der Waals surface area contributed by atoms with Crippen molar-refractivity contribution in [3.8, 4) is 0 Å². The molecular formula is C14H13N3O4S2. The van der Waals surface area contributed by atoms with Gasteiger partial charge >= 0.3 is 0 Å². The molecule has 0 amide bonds. The van der Waals surface area contributed by atoms with E-state index in [9.17, 15) is 18.0 Å². The zero-order chi connectivity index (χ0) is 16.9. The van der Waals surface area contributed by atoms with E-state index in [0.29, 0.717) is 11.3 Å². The van der Waals surface area contributed by atoms with E-state index in [1.165, 1.54) is 49.9 Å². The lowest BCUT2D eigenvalue weighted by Crippen LogP contribution is -2.13. The maximum atomic E-state index is 12.1. The molecule has 0 saturated heterocycles. The van der Waals surface area contributed by atoms with Gasteiger partial charge in [0, 0.05) is 18.2 Å². The summed E-state index contributed by atoms with van der Waals surface area (Å²) in [6.07, 6.45) is 3.61. The highest BCUT2D eigenvalue weighted by Gasteiger charge is 2.15. The Morgan fingerprint density at radius 1 is 1.13 bits per heavy atom. The summed E-state index contributed by atoms with van der Waals surface area (Å²) in [6, 6.07) is 5.96. The number of thioether (sulfide) groups is 1. The van der Waals surface area contributed by atoms with Crippen molar-refractivity contribution in [1.82, 2.24) is 9.97 Å². The summed E-state index contributed by atoms with van der Waals surface area (Å²) in [5.41, 5.74) is 0.717. The van der Waals surface area contributed by atoms with E-state index in [1.807, 2.05) is 0 Å². The second-order valence-electron chi connectivity index (χ2n) is 4.46. The largest absolute Gasteiger partial charge is 0.293 e. The first kappa shape index (κ1) is 17.1. The molecule has 1 heterocycles. The van der Waals surface area contributed by atoms with E-state index in [2.05, 4.69) is 14.7 Å². The minimum Gasteiger partial charge on any atom is -0.293 e.